The highest BCUT2D eigenvalue weighted by Crippen LogP contribution is 2.27. The Morgan fingerprint density at radius 1 is 1.12 bits per heavy atom. The molecule has 1 aliphatic rings. The van der Waals surface area contributed by atoms with E-state index >= 15 is 0 Å². The Balaban J connectivity index is 1.62. The third kappa shape index (κ3) is 3.16. The van der Waals surface area contributed by atoms with E-state index in [-0.39, 0.29) is 11.8 Å². The SMILES string of the molecule is N#CC1CCCN(C(=O)c2ccc3cc(-c4ccsc4)ccc3c2)C1. The summed E-state index contributed by atoms with van der Waals surface area (Å²) in [6.45, 7) is 1.29. The molecule has 1 amide bonds. The van der Waals surface area contributed by atoms with Crippen molar-refractivity contribution in [2.75, 3.05) is 13.1 Å². The predicted octanol–water partition coefficient (Wildman–Crippen LogP) is 4.94. The second-order valence-corrected chi connectivity index (χ2v) is 7.29. The minimum atomic E-state index is -0.0358. The quantitative estimate of drug-likeness (QED) is 0.659. The Labute approximate surface area is 151 Å². The van der Waals surface area contributed by atoms with E-state index in [1.165, 1.54) is 11.1 Å². The summed E-state index contributed by atoms with van der Waals surface area (Å²) in [6, 6.07) is 16.6. The molecule has 0 N–H and O–H groups in total. The highest BCUT2D eigenvalue weighted by atomic mass is 32.1. The maximum atomic E-state index is 12.8. The van der Waals surface area contributed by atoms with Crippen LogP contribution in [0.5, 0.6) is 0 Å². The fourth-order valence-corrected chi connectivity index (χ4v) is 4.10. The number of thiophene rings is 1. The third-order valence-electron chi connectivity index (χ3n) is 4.83. The number of rotatable bonds is 2. The first-order valence-corrected chi connectivity index (χ1v) is 9.44. The van der Waals surface area contributed by atoms with Crippen molar-refractivity contribution in [1.29, 1.82) is 5.26 Å². The summed E-state index contributed by atoms with van der Waals surface area (Å²) >= 11 is 1.69. The first kappa shape index (κ1) is 15.9. The number of likely N-dealkylation sites (tertiary alicyclic amines) is 1. The highest BCUT2D eigenvalue weighted by molar-refractivity contribution is 7.08. The summed E-state index contributed by atoms with van der Waals surface area (Å²) in [6.07, 6.45) is 1.80. The molecular weight excluding hydrogens is 328 g/mol. The van der Waals surface area contributed by atoms with Crippen LogP contribution in [0.1, 0.15) is 23.2 Å². The number of carbonyl (C=O) groups is 1. The van der Waals surface area contributed by atoms with Gasteiger partial charge in [0.2, 0.25) is 0 Å². The zero-order chi connectivity index (χ0) is 17.2. The van der Waals surface area contributed by atoms with Gasteiger partial charge >= 0.3 is 0 Å². The maximum absolute atomic E-state index is 12.8. The van der Waals surface area contributed by atoms with Crippen molar-refractivity contribution >= 4 is 28.0 Å². The average Bonchev–Trinajstić information content (AvgIpc) is 3.21. The second-order valence-electron chi connectivity index (χ2n) is 6.51. The van der Waals surface area contributed by atoms with E-state index in [2.05, 4.69) is 41.1 Å². The van der Waals surface area contributed by atoms with Crippen molar-refractivity contribution in [3.8, 4) is 17.2 Å². The molecular formula is C21H18N2OS. The van der Waals surface area contributed by atoms with Crippen molar-refractivity contribution in [3.05, 3.63) is 58.8 Å². The first-order valence-electron chi connectivity index (χ1n) is 8.50. The molecule has 1 atom stereocenters. The van der Waals surface area contributed by atoms with Crippen molar-refractivity contribution < 1.29 is 4.79 Å². The Morgan fingerprint density at radius 3 is 2.76 bits per heavy atom. The largest absolute Gasteiger partial charge is 0.337 e. The molecule has 0 saturated carbocycles. The van der Waals surface area contributed by atoms with Gasteiger partial charge in [0.05, 0.1) is 12.0 Å². The molecule has 3 aromatic rings. The van der Waals surface area contributed by atoms with Gasteiger partial charge in [-0.05, 0) is 69.8 Å². The molecule has 2 heterocycles. The summed E-state index contributed by atoms with van der Waals surface area (Å²) in [4.78, 5) is 14.6. The smallest absolute Gasteiger partial charge is 0.253 e. The molecule has 4 heteroatoms. The van der Waals surface area contributed by atoms with Crippen LogP contribution in [0.25, 0.3) is 21.9 Å². The van der Waals surface area contributed by atoms with Crippen LogP contribution in [-0.2, 0) is 0 Å². The predicted molar refractivity (Wildman–Crippen MR) is 102 cm³/mol. The van der Waals surface area contributed by atoms with Gasteiger partial charge in [0.1, 0.15) is 0 Å². The summed E-state index contributed by atoms with van der Waals surface area (Å²) in [7, 11) is 0. The van der Waals surface area contributed by atoms with Gasteiger partial charge in [0, 0.05) is 18.7 Å². The molecule has 0 bridgehead atoms. The monoisotopic (exact) mass is 346 g/mol. The molecule has 1 aromatic heterocycles. The van der Waals surface area contributed by atoms with E-state index in [4.69, 9.17) is 5.26 Å². The van der Waals surface area contributed by atoms with Crippen molar-refractivity contribution in [2.45, 2.75) is 12.8 Å². The lowest BCUT2D eigenvalue weighted by Gasteiger charge is -2.29. The van der Waals surface area contributed by atoms with E-state index in [1.807, 2.05) is 23.1 Å². The Bertz CT molecular complexity index is 956. The normalized spacial score (nSPS) is 17.4. The lowest BCUT2D eigenvalue weighted by atomic mass is 9.98. The van der Waals surface area contributed by atoms with Crippen LogP contribution in [-0.4, -0.2) is 23.9 Å². The second kappa shape index (κ2) is 6.70. The summed E-state index contributed by atoms with van der Waals surface area (Å²) in [5.74, 6) is -0.00455. The van der Waals surface area contributed by atoms with Crippen LogP contribution in [0.15, 0.2) is 53.2 Å². The zero-order valence-corrected chi connectivity index (χ0v) is 14.6. The summed E-state index contributed by atoms with van der Waals surface area (Å²) in [5.41, 5.74) is 3.12. The molecule has 3 nitrogen and oxygen atoms in total. The van der Waals surface area contributed by atoms with Crippen LogP contribution in [0.2, 0.25) is 0 Å². The Morgan fingerprint density at radius 2 is 1.96 bits per heavy atom. The van der Waals surface area contributed by atoms with Gasteiger partial charge < -0.3 is 4.90 Å². The van der Waals surface area contributed by atoms with Gasteiger partial charge in [-0.15, -0.1) is 0 Å². The van der Waals surface area contributed by atoms with Gasteiger partial charge in [0.15, 0.2) is 0 Å². The molecule has 1 unspecified atom stereocenters. The van der Waals surface area contributed by atoms with E-state index in [9.17, 15) is 4.79 Å². The minimum absolute atomic E-state index is 0.0313. The Hall–Kier alpha value is -2.64. The van der Waals surface area contributed by atoms with E-state index in [1.54, 1.807) is 11.3 Å². The number of fused-ring (bicyclic) bond motifs is 1. The molecule has 0 radical (unpaired) electrons. The van der Waals surface area contributed by atoms with Crippen LogP contribution in [0, 0.1) is 17.2 Å². The van der Waals surface area contributed by atoms with Gasteiger partial charge in [-0.3, -0.25) is 4.79 Å². The molecule has 124 valence electrons. The molecule has 1 saturated heterocycles. The minimum Gasteiger partial charge on any atom is -0.337 e. The van der Waals surface area contributed by atoms with Crippen molar-refractivity contribution in [1.82, 2.24) is 4.90 Å². The first-order chi connectivity index (χ1) is 12.2. The molecule has 1 fully saturated rings. The van der Waals surface area contributed by atoms with E-state index < -0.39 is 0 Å². The van der Waals surface area contributed by atoms with Crippen LogP contribution in [0.3, 0.4) is 0 Å². The fraction of sp³-hybridized carbons (Fsp3) is 0.238. The number of hydrogen-bond acceptors (Lipinski definition) is 3. The summed E-state index contributed by atoms with van der Waals surface area (Å²) < 4.78 is 0. The molecule has 0 spiro atoms. The Kier molecular flexibility index (Phi) is 4.25. The number of piperidine rings is 1. The molecule has 1 aliphatic heterocycles. The zero-order valence-electron chi connectivity index (χ0n) is 13.8. The van der Waals surface area contributed by atoms with Gasteiger partial charge in [-0.2, -0.15) is 16.6 Å². The lowest BCUT2D eigenvalue weighted by molar-refractivity contribution is 0.0699. The van der Waals surface area contributed by atoms with Gasteiger partial charge in [-0.25, -0.2) is 0 Å². The highest BCUT2D eigenvalue weighted by Gasteiger charge is 2.24. The van der Waals surface area contributed by atoms with E-state index in [0.717, 1.165) is 30.2 Å². The number of benzene rings is 2. The van der Waals surface area contributed by atoms with E-state index in [0.29, 0.717) is 12.1 Å². The molecule has 0 aliphatic carbocycles. The standard InChI is InChI=1S/C21H18N2OS/c22-12-15-2-1-8-23(13-15)21(24)19-6-5-16-10-18(4-3-17(16)11-19)20-7-9-25-14-20/h3-7,9-11,14-15H,1-2,8,13H2. The van der Waals surface area contributed by atoms with Crippen LogP contribution in [0.4, 0.5) is 0 Å². The lowest BCUT2D eigenvalue weighted by Crippen LogP contribution is -2.39. The number of nitriles is 1. The number of carbonyl (C=O) groups excluding carboxylic acids is 1. The van der Waals surface area contributed by atoms with Gasteiger partial charge in [0.25, 0.3) is 5.91 Å². The maximum Gasteiger partial charge on any atom is 0.253 e. The van der Waals surface area contributed by atoms with Crippen LogP contribution >= 0.6 is 11.3 Å². The topological polar surface area (TPSA) is 44.1 Å². The molecule has 4 rings (SSSR count). The number of amides is 1. The average molecular weight is 346 g/mol. The van der Waals surface area contributed by atoms with Crippen molar-refractivity contribution in [3.63, 3.8) is 0 Å². The molecule has 25 heavy (non-hydrogen) atoms. The van der Waals surface area contributed by atoms with Gasteiger partial charge in [-0.1, -0.05) is 18.2 Å². The summed E-state index contributed by atoms with van der Waals surface area (Å²) in [5, 5.41) is 15.5. The molecule has 2 aromatic carbocycles. The third-order valence-corrected chi connectivity index (χ3v) is 5.52. The fourth-order valence-electron chi connectivity index (χ4n) is 3.44. The van der Waals surface area contributed by atoms with Crippen LogP contribution < -0.4 is 0 Å². The van der Waals surface area contributed by atoms with Crippen molar-refractivity contribution in [2.24, 2.45) is 5.92 Å². The number of nitrogens with zero attached hydrogens (tertiary/aromatic N) is 2. The number of hydrogen-bond donors (Lipinski definition) is 0.